The van der Waals surface area contributed by atoms with Crippen molar-refractivity contribution < 1.29 is 0 Å². The third-order valence-electron chi connectivity index (χ3n) is 3.11. The van der Waals surface area contributed by atoms with Gasteiger partial charge in [-0.15, -0.1) is 11.3 Å². The first-order valence-electron chi connectivity index (χ1n) is 5.88. The van der Waals surface area contributed by atoms with Gasteiger partial charge < -0.3 is 5.73 Å². The molecule has 0 bridgehead atoms. The van der Waals surface area contributed by atoms with Crippen molar-refractivity contribution in [3.05, 3.63) is 38.7 Å². The first kappa shape index (κ1) is 12.4. The Balaban J connectivity index is 2.07. The molecule has 0 amide bonds. The minimum absolute atomic E-state index is 0.466. The zero-order valence-corrected chi connectivity index (χ0v) is 12.2. The Hall–Kier alpha value is -1.59. The molecular formula is C13H13ClN4S. The van der Waals surface area contributed by atoms with Gasteiger partial charge >= 0.3 is 0 Å². The van der Waals surface area contributed by atoms with Gasteiger partial charge in [0.25, 0.3) is 0 Å². The standard InChI is InChI=1S/C13H13ClN4S/c1-7-3-10(19-8(7)2)6-18-12-11(17-13(18)15)4-9(14)5-16-12/h3-5H,6H2,1-2H3,(H2,15,17). The van der Waals surface area contributed by atoms with E-state index in [0.717, 1.165) is 11.2 Å². The van der Waals surface area contributed by atoms with E-state index in [2.05, 4.69) is 29.9 Å². The van der Waals surface area contributed by atoms with Crippen LogP contribution in [0.2, 0.25) is 5.02 Å². The van der Waals surface area contributed by atoms with Crippen molar-refractivity contribution in [1.29, 1.82) is 0 Å². The average Bonchev–Trinajstić information content (AvgIpc) is 2.81. The van der Waals surface area contributed by atoms with Gasteiger partial charge in [0.2, 0.25) is 5.95 Å². The number of hydrogen-bond acceptors (Lipinski definition) is 4. The van der Waals surface area contributed by atoms with Gasteiger partial charge in [-0.25, -0.2) is 9.97 Å². The normalized spacial score (nSPS) is 11.3. The van der Waals surface area contributed by atoms with Crippen LogP contribution in [0.25, 0.3) is 11.2 Å². The molecule has 3 aromatic heterocycles. The van der Waals surface area contributed by atoms with Gasteiger partial charge in [0.1, 0.15) is 5.52 Å². The van der Waals surface area contributed by atoms with Crippen LogP contribution in [0.4, 0.5) is 5.95 Å². The number of aryl methyl sites for hydroxylation is 2. The van der Waals surface area contributed by atoms with Gasteiger partial charge in [-0.1, -0.05) is 11.6 Å². The summed E-state index contributed by atoms with van der Waals surface area (Å²) in [5, 5.41) is 0.569. The number of pyridine rings is 1. The highest BCUT2D eigenvalue weighted by Gasteiger charge is 2.11. The lowest BCUT2D eigenvalue weighted by molar-refractivity contribution is 0.841. The molecule has 3 rings (SSSR count). The molecule has 98 valence electrons. The molecule has 0 aliphatic heterocycles. The van der Waals surface area contributed by atoms with E-state index in [9.17, 15) is 0 Å². The van der Waals surface area contributed by atoms with E-state index >= 15 is 0 Å². The Morgan fingerprint density at radius 1 is 1.37 bits per heavy atom. The van der Waals surface area contributed by atoms with Gasteiger partial charge in [0, 0.05) is 16.0 Å². The van der Waals surface area contributed by atoms with Crippen LogP contribution in [0.5, 0.6) is 0 Å². The molecule has 6 heteroatoms. The van der Waals surface area contributed by atoms with Crippen LogP contribution in [0.1, 0.15) is 15.3 Å². The molecule has 0 radical (unpaired) electrons. The van der Waals surface area contributed by atoms with Crippen LogP contribution < -0.4 is 5.73 Å². The zero-order chi connectivity index (χ0) is 13.6. The number of anilines is 1. The topological polar surface area (TPSA) is 56.7 Å². The van der Waals surface area contributed by atoms with E-state index in [0.29, 0.717) is 17.5 Å². The summed E-state index contributed by atoms with van der Waals surface area (Å²) in [4.78, 5) is 11.2. The summed E-state index contributed by atoms with van der Waals surface area (Å²) in [6, 6.07) is 3.96. The van der Waals surface area contributed by atoms with Crippen molar-refractivity contribution in [2.45, 2.75) is 20.4 Å². The molecule has 0 atom stereocenters. The summed E-state index contributed by atoms with van der Waals surface area (Å²) in [6.07, 6.45) is 1.62. The number of nitrogens with zero attached hydrogens (tertiary/aromatic N) is 3. The second kappa shape index (κ2) is 4.51. The minimum Gasteiger partial charge on any atom is -0.369 e. The molecule has 4 nitrogen and oxygen atoms in total. The lowest BCUT2D eigenvalue weighted by Crippen LogP contribution is -2.04. The fourth-order valence-corrected chi connectivity index (χ4v) is 3.24. The molecule has 0 aliphatic rings. The summed E-state index contributed by atoms with van der Waals surface area (Å²) >= 11 is 7.69. The number of imidazole rings is 1. The van der Waals surface area contributed by atoms with Gasteiger partial charge in [-0.05, 0) is 31.5 Å². The number of thiophene rings is 1. The number of aromatic nitrogens is 3. The maximum atomic E-state index is 5.97. The fourth-order valence-electron chi connectivity index (χ4n) is 2.04. The summed E-state index contributed by atoms with van der Waals surface area (Å²) in [5.41, 5.74) is 8.77. The molecule has 2 N–H and O–H groups in total. The average molecular weight is 293 g/mol. The lowest BCUT2D eigenvalue weighted by Gasteiger charge is -2.03. The highest BCUT2D eigenvalue weighted by atomic mass is 35.5. The third-order valence-corrected chi connectivity index (χ3v) is 4.46. The van der Waals surface area contributed by atoms with Crippen molar-refractivity contribution in [2.75, 3.05) is 5.73 Å². The van der Waals surface area contributed by atoms with Crippen molar-refractivity contribution in [2.24, 2.45) is 0 Å². The largest absolute Gasteiger partial charge is 0.369 e. The Labute approximate surface area is 119 Å². The molecule has 0 aliphatic carbocycles. The van der Waals surface area contributed by atoms with Gasteiger partial charge in [0.15, 0.2) is 5.65 Å². The summed E-state index contributed by atoms with van der Waals surface area (Å²) in [6.45, 7) is 4.93. The Kier molecular flexibility index (Phi) is 2.95. The van der Waals surface area contributed by atoms with Crippen molar-refractivity contribution in [3.8, 4) is 0 Å². The second-order valence-corrected chi connectivity index (χ2v) is 6.28. The molecule has 3 heterocycles. The maximum Gasteiger partial charge on any atom is 0.202 e. The van der Waals surface area contributed by atoms with Crippen molar-refractivity contribution >= 4 is 40.0 Å². The Morgan fingerprint density at radius 2 is 2.16 bits per heavy atom. The van der Waals surface area contributed by atoms with E-state index in [-0.39, 0.29) is 0 Å². The van der Waals surface area contributed by atoms with Crippen molar-refractivity contribution in [3.63, 3.8) is 0 Å². The fraction of sp³-hybridized carbons (Fsp3) is 0.231. The van der Waals surface area contributed by atoms with Crippen LogP contribution in [0.3, 0.4) is 0 Å². The molecule has 19 heavy (non-hydrogen) atoms. The van der Waals surface area contributed by atoms with E-state index in [4.69, 9.17) is 17.3 Å². The molecular weight excluding hydrogens is 280 g/mol. The zero-order valence-electron chi connectivity index (χ0n) is 10.6. The molecule has 0 spiro atoms. The predicted molar refractivity (Wildman–Crippen MR) is 79.8 cm³/mol. The number of fused-ring (bicyclic) bond motifs is 1. The molecule has 0 aromatic carbocycles. The first-order chi connectivity index (χ1) is 9.04. The lowest BCUT2D eigenvalue weighted by atomic mass is 10.3. The first-order valence-corrected chi connectivity index (χ1v) is 7.07. The van der Waals surface area contributed by atoms with Crippen LogP contribution in [0.15, 0.2) is 18.3 Å². The van der Waals surface area contributed by atoms with Crippen LogP contribution >= 0.6 is 22.9 Å². The van der Waals surface area contributed by atoms with E-state index in [1.54, 1.807) is 23.6 Å². The summed E-state index contributed by atoms with van der Waals surface area (Å²) in [7, 11) is 0. The van der Waals surface area contributed by atoms with Gasteiger partial charge in [-0.2, -0.15) is 0 Å². The SMILES string of the molecule is Cc1cc(Cn2c(N)nc3cc(Cl)cnc32)sc1C. The smallest absolute Gasteiger partial charge is 0.202 e. The highest BCUT2D eigenvalue weighted by molar-refractivity contribution is 7.12. The summed E-state index contributed by atoms with van der Waals surface area (Å²) in [5.74, 6) is 0.466. The van der Waals surface area contributed by atoms with Crippen LogP contribution in [-0.2, 0) is 6.54 Å². The number of hydrogen-bond donors (Lipinski definition) is 1. The number of nitrogen functional groups attached to an aromatic ring is 1. The van der Waals surface area contributed by atoms with E-state index < -0.39 is 0 Å². The molecule has 0 saturated carbocycles. The highest BCUT2D eigenvalue weighted by Crippen LogP contribution is 2.25. The molecule has 0 unspecified atom stereocenters. The number of rotatable bonds is 2. The quantitative estimate of drug-likeness (QED) is 0.787. The maximum absolute atomic E-state index is 5.97. The van der Waals surface area contributed by atoms with E-state index in [1.807, 2.05) is 4.57 Å². The van der Waals surface area contributed by atoms with Gasteiger partial charge in [0.05, 0.1) is 11.6 Å². The van der Waals surface area contributed by atoms with Gasteiger partial charge in [-0.3, -0.25) is 4.57 Å². The number of halogens is 1. The molecule has 0 saturated heterocycles. The second-order valence-electron chi connectivity index (χ2n) is 4.50. The van der Waals surface area contributed by atoms with Crippen molar-refractivity contribution in [1.82, 2.24) is 14.5 Å². The van der Waals surface area contributed by atoms with Crippen LogP contribution in [-0.4, -0.2) is 14.5 Å². The van der Waals surface area contributed by atoms with E-state index in [1.165, 1.54) is 15.3 Å². The Morgan fingerprint density at radius 3 is 2.84 bits per heavy atom. The molecule has 3 aromatic rings. The minimum atomic E-state index is 0.466. The Bertz CT molecular complexity index is 740. The summed E-state index contributed by atoms with van der Waals surface area (Å²) < 4.78 is 1.91. The van der Waals surface area contributed by atoms with Crippen LogP contribution in [0, 0.1) is 13.8 Å². The number of nitrogens with two attached hydrogens (primary N) is 1. The third kappa shape index (κ3) is 2.19. The molecule has 0 fully saturated rings. The monoisotopic (exact) mass is 292 g/mol. The predicted octanol–water partition coefficient (Wildman–Crippen LogP) is 3.39.